The maximum Gasteiger partial charge on any atom is 0.323 e. The molecule has 0 aromatic heterocycles. The van der Waals surface area contributed by atoms with Gasteiger partial charge in [0.05, 0.1) is 0 Å². The molecule has 0 aliphatic carbocycles. The Kier molecular flexibility index (Phi) is 4.88. The zero-order chi connectivity index (χ0) is 14.5. The van der Waals surface area contributed by atoms with Gasteiger partial charge in [0.1, 0.15) is 0 Å². The molecule has 0 aliphatic heterocycles. The Morgan fingerprint density at radius 1 is 1.05 bits per heavy atom. The van der Waals surface area contributed by atoms with E-state index in [2.05, 4.69) is 10.6 Å². The van der Waals surface area contributed by atoms with Crippen molar-refractivity contribution in [2.45, 2.75) is 13.3 Å². The lowest BCUT2D eigenvalue weighted by atomic mass is 10.1. The lowest BCUT2D eigenvalue weighted by Gasteiger charge is -2.11. The van der Waals surface area contributed by atoms with Gasteiger partial charge in [0.2, 0.25) is 0 Å². The molecular weight excluding hydrogens is 295 g/mol. The second-order valence-electron chi connectivity index (χ2n) is 4.25. The van der Waals surface area contributed by atoms with Gasteiger partial charge in [-0.25, -0.2) is 4.79 Å². The minimum Gasteiger partial charge on any atom is -0.308 e. The summed E-state index contributed by atoms with van der Waals surface area (Å²) in [4.78, 5) is 12.0. The molecule has 0 atom stereocenters. The van der Waals surface area contributed by atoms with Gasteiger partial charge in [-0.05, 0) is 36.2 Å². The molecule has 0 radical (unpaired) electrons. The summed E-state index contributed by atoms with van der Waals surface area (Å²) in [5.41, 5.74) is 2.42. The van der Waals surface area contributed by atoms with E-state index in [9.17, 15) is 4.79 Å². The molecule has 0 unspecified atom stereocenters. The number of carbonyl (C=O) groups excluding carboxylic acids is 1. The number of urea groups is 1. The van der Waals surface area contributed by atoms with E-state index < -0.39 is 0 Å². The molecule has 104 valence electrons. The molecule has 0 bridgehead atoms. The lowest BCUT2D eigenvalue weighted by molar-refractivity contribution is 0.262. The third kappa shape index (κ3) is 3.89. The summed E-state index contributed by atoms with van der Waals surface area (Å²) >= 11 is 11.8. The van der Waals surface area contributed by atoms with Crippen LogP contribution >= 0.6 is 23.2 Å². The number of rotatable bonds is 3. The Bertz CT molecular complexity index is 609. The van der Waals surface area contributed by atoms with Crippen LogP contribution in [0.15, 0.2) is 42.5 Å². The Morgan fingerprint density at radius 3 is 2.35 bits per heavy atom. The minimum atomic E-state index is -0.329. The highest BCUT2D eigenvalue weighted by Gasteiger charge is 2.06. The zero-order valence-electron chi connectivity index (χ0n) is 10.9. The number of nitrogens with one attached hydrogen (secondary N) is 2. The summed E-state index contributed by atoms with van der Waals surface area (Å²) in [6.07, 6.45) is 0.847. The highest BCUT2D eigenvalue weighted by molar-refractivity contribution is 6.35. The summed E-state index contributed by atoms with van der Waals surface area (Å²) < 4.78 is 0. The molecule has 0 fully saturated rings. The third-order valence-electron chi connectivity index (χ3n) is 2.77. The van der Waals surface area contributed by atoms with Gasteiger partial charge >= 0.3 is 6.03 Å². The van der Waals surface area contributed by atoms with Crippen LogP contribution in [0.25, 0.3) is 0 Å². The molecule has 2 N–H and O–H groups in total. The highest BCUT2D eigenvalue weighted by Crippen LogP contribution is 2.23. The lowest BCUT2D eigenvalue weighted by Crippen LogP contribution is -2.20. The first-order chi connectivity index (χ1) is 9.58. The molecule has 20 heavy (non-hydrogen) atoms. The van der Waals surface area contributed by atoms with Crippen LogP contribution in [-0.2, 0) is 6.42 Å². The minimum absolute atomic E-state index is 0.329. The summed E-state index contributed by atoms with van der Waals surface area (Å²) in [6.45, 7) is 2.04. The number of anilines is 2. The predicted octanol–water partition coefficient (Wildman–Crippen LogP) is 5.20. The van der Waals surface area contributed by atoms with E-state index in [1.54, 1.807) is 18.2 Å². The third-order valence-corrected chi connectivity index (χ3v) is 3.20. The average molecular weight is 309 g/mol. The Hall–Kier alpha value is -1.71. The average Bonchev–Trinajstić information content (AvgIpc) is 2.37. The van der Waals surface area contributed by atoms with Crippen LogP contribution < -0.4 is 10.6 Å². The first-order valence-electron chi connectivity index (χ1n) is 6.20. The Labute approximate surface area is 127 Å². The van der Waals surface area contributed by atoms with Crippen molar-refractivity contribution in [3.05, 3.63) is 58.1 Å². The Morgan fingerprint density at radius 2 is 1.70 bits per heavy atom. The molecule has 0 aliphatic rings. The van der Waals surface area contributed by atoms with Crippen molar-refractivity contribution in [2.75, 3.05) is 10.6 Å². The summed E-state index contributed by atoms with van der Waals surface area (Å²) in [6, 6.07) is 12.2. The quantitative estimate of drug-likeness (QED) is 0.804. The molecule has 0 saturated heterocycles. The fraction of sp³-hybridized carbons (Fsp3) is 0.133. The summed E-state index contributed by atoms with van der Waals surface area (Å²) in [7, 11) is 0. The van der Waals surface area contributed by atoms with Gasteiger partial charge in [-0.15, -0.1) is 0 Å². The first-order valence-corrected chi connectivity index (χ1v) is 6.96. The van der Waals surface area contributed by atoms with Crippen LogP contribution in [0.5, 0.6) is 0 Å². The number of halogens is 2. The van der Waals surface area contributed by atoms with Gasteiger partial charge in [-0.1, -0.05) is 48.3 Å². The molecule has 0 heterocycles. The number of benzene rings is 2. The van der Waals surface area contributed by atoms with Crippen molar-refractivity contribution in [1.82, 2.24) is 0 Å². The van der Waals surface area contributed by atoms with E-state index in [0.717, 1.165) is 17.7 Å². The van der Waals surface area contributed by atoms with Gasteiger partial charge < -0.3 is 10.6 Å². The molecule has 0 spiro atoms. The van der Waals surface area contributed by atoms with Gasteiger partial charge in [-0.2, -0.15) is 0 Å². The van der Waals surface area contributed by atoms with Crippen LogP contribution in [0.1, 0.15) is 12.5 Å². The maximum atomic E-state index is 12.0. The van der Waals surface area contributed by atoms with Crippen LogP contribution in [-0.4, -0.2) is 6.03 Å². The molecule has 5 heteroatoms. The second-order valence-corrected chi connectivity index (χ2v) is 5.12. The van der Waals surface area contributed by atoms with Crippen LogP contribution in [0.2, 0.25) is 10.0 Å². The normalized spacial score (nSPS) is 10.2. The topological polar surface area (TPSA) is 41.1 Å². The molecule has 3 nitrogen and oxygen atoms in total. The first kappa shape index (κ1) is 14.7. The van der Waals surface area contributed by atoms with Crippen molar-refractivity contribution in [1.29, 1.82) is 0 Å². The monoisotopic (exact) mass is 308 g/mol. The maximum absolute atomic E-state index is 12.0. The number of para-hydroxylation sites is 1. The number of carbonyl (C=O) groups is 1. The van der Waals surface area contributed by atoms with Crippen LogP contribution in [0.3, 0.4) is 0 Å². The molecule has 2 rings (SSSR count). The predicted molar refractivity (Wildman–Crippen MR) is 84.9 cm³/mol. The van der Waals surface area contributed by atoms with Crippen molar-refractivity contribution in [3.63, 3.8) is 0 Å². The van der Waals surface area contributed by atoms with Gasteiger partial charge in [-0.3, -0.25) is 0 Å². The number of amides is 2. The van der Waals surface area contributed by atoms with E-state index in [1.165, 1.54) is 0 Å². The summed E-state index contributed by atoms with van der Waals surface area (Å²) in [5.74, 6) is 0. The number of hydrogen-bond donors (Lipinski definition) is 2. The van der Waals surface area contributed by atoms with E-state index >= 15 is 0 Å². The molecule has 2 aromatic rings. The van der Waals surface area contributed by atoms with E-state index in [-0.39, 0.29) is 6.03 Å². The van der Waals surface area contributed by atoms with Crippen molar-refractivity contribution >= 4 is 40.6 Å². The smallest absolute Gasteiger partial charge is 0.308 e. The Balaban J connectivity index is 2.09. The zero-order valence-corrected chi connectivity index (χ0v) is 12.4. The highest BCUT2D eigenvalue weighted by atomic mass is 35.5. The molecule has 0 saturated carbocycles. The molecule has 2 aromatic carbocycles. The SMILES string of the molecule is CCc1ccccc1NC(=O)Nc1cc(Cl)cc(Cl)c1. The number of hydrogen-bond acceptors (Lipinski definition) is 1. The standard InChI is InChI=1S/C15H14Cl2N2O/c1-2-10-5-3-4-6-14(10)19-15(20)18-13-8-11(16)7-12(17)9-13/h3-9H,2H2,1H3,(H2,18,19,20). The number of aryl methyl sites for hydroxylation is 1. The molecular formula is C15H14Cl2N2O. The van der Waals surface area contributed by atoms with Gasteiger partial charge in [0.25, 0.3) is 0 Å². The van der Waals surface area contributed by atoms with Crippen LogP contribution in [0, 0.1) is 0 Å². The fourth-order valence-electron chi connectivity index (χ4n) is 1.86. The fourth-order valence-corrected chi connectivity index (χ4v) is 2.39. The van der Waals surface area contributed by atoms with Gasteiger partial charge in [0, 0.05) is 21.4 Å². The van der Waals surface area contributed by atoms with E-state index in [4.69, 9.17) is 23.2 Å². The van der Waals surface area contributed by atoms with Crippen LogP contribution in [0.4, 0.5) is 16.2 Å². The van der Waals surface area contributed by atoms with Crippen molar-refractivity contribution in [2.24, 2.45) is 0 Å². The largest absolute Gasteiger partial charge is 0.323 e. The van der Waals surface area contributed by atoms with Gasteiger partial charge in [0.15, 0.2) is 0 Å². The van der Waals surface area contributed by atoms with Crippen molar-refractivity contribution < 1.29 is 4.79 Å². The summed E-state index contributed by atoms with van der Waals surface area (Å²) in [5, 5.41) is 6.46. The second kappa shape index (κ2) is 6.64. The van der Waals surface area contributed by atoms with Crippen molar-refractivity contribution in [3.8, 4) is 0 Å². The van der Waals surface area contributed by atoms with E-state index in [1.807, 2.05) is 31.2 Å². The van der Waals surface area contributed by atoms with E-state index in [0.29, 0.717) is 15.7 Å². The molecule has 2 amide bonds.